The van der Waals surface area contributed by atoms with Gasteiger partial charge in [0.15, 0.2) is 11.6 Å². The lowest BCUT2D eigenvalue weighted by atomic mass is 9.92. The van der Waals surface area contributed by atoms with Crippen LogP contribution in [-0.2, 0) is 0 Å². The van der Waals surface area contributed by atoms with E-state index in [4.69, 9.17) is 16.3 Å². The Labute approximate surface area is 174 Å². The van der Waals surface area contributed by atoms with E-state index in [9.17, 15) is 23.1 Å². The lowest BCUT2D eigenvalue weighted by molar-refractivity contribution is -0.0238. The Bertz CT molecular complexity index is 1140. The molecule has 0 amide bonds. The molecular weight excluding hydrogens is 421 g/mol. The zero-order valence-electron chi connectivity index (χ0n) is 15.7. The van der Waals surface area contributed by atoms with Gasteiger partial charge in [0.25, 0.3) is 0 Å². The first-order valence-electron chi connectivity index (χ1n) is 9.32. The average molecular weight is 439 g/mol. The van der Waals surface area contributed by atoms with Crippen LogP contribution in [0, 0.1) is 17.5 Å². The highest BCUT2D eigenvalue weighted by Gasteiger charge is 2.35. The van der Waals surface area contributed by atoms with E-state index in [1.165, 1.54) is 29.2 Å². The number of aromatic nitrogens is 1. The maximum Gasteiger partial charge on any atom is 0.248 e. The summed E-state index contributed by atoms with van der Waals surface area (Å²) in [5.41, 5.74) is -1.81. The van der Waals surface area contributed by atoms with Gasteiger partial charge in [0.1, 0.15) is 29.5 Å². The van der Waals surface area contributed by atoms with Crippen LogP contribution in [0.15, 0.2) is 41.2 Å². The minimum absolute atomic E-state index is 0.0236. The summed E-state index contributed by atoms with van der Waals surface area (Å²) in [5.74, 6) is -1.79. The minimum Gasteiger partial charge on any atom is -0.490 e. The van der Waals surface area contributed by atoms with Gasteiger partial charge in [0.05, 0.1) is 5.52 Å². The number of aliphatic hydroxyl groups is 1. The predicted octanol–water partition coefficient (Wildman–Crippen LogP) is 4.01. The molecule has 1 aromatic heterocycles. The number of ether oxygens (including phenoxy) is 1. The Hall–Kier alpha value is -2.71. The zero-order valence-corrected chi connectivity index (χ0v) is 16.5. The van der Waals surface area contributed by atoms with Crippen molar-refractivity contribution in [1.82, 2.24) is 4.98 Å². The third-order valence-electron chi connectivity index (χ3n) is 5.29. The van der Waals surface area contributed by atoms with Crippen LogP contribution in [0.25, 0.3) is 10.9 Å². The van der Waals surface area contributed by atoms with E-state index in [1.54, 1.807) is 0 Å². The van der Waals surface area contributed by atoms with Gasteiger partial charge in [-0.1, -0.05) is 11.6 Å². The lowest BCUT2D eigenvalue weighted by Crippen LogP contribution is -2.48. The number of aromatic amines is 1. The van der Waals surface area contributed by atoms with Crippen LogP contribution in [0.3, 0.4) is 0 Å². The molecule has 2 N–H and O–H groups in total. The number of anilines is 1. The van der Waals surface area contributed by atoms with Gasteiger partial charge in [-0.3, -0.25) is 4.79 Å². The van der Waals surface area contributed by atoms with Gasteiger partial charge < -0.3 is 19.7 Å². The Morgan fingerprint density at radius 3 is 2.40 bits per heavy atom. The summed E-state index contributed by atoms with van der Waals surface area (Å²) >= 11 is 5.67. The molecule has 0 unspecified atom stereocenters. The van der Waals surface area contributed by atoms with Crippen molar-refractivity contribution in [2.24, 2.45) is 0 Å². The van der Waals surface area contributed by atoms with E-state index in [1.807, 2.05) is 0 Å². The number of halogens is 4. The number of H-pyrrole nitrogens is 1. The Morgan fingerprint density at radius 1 is 1.07 bits per heavy atom. The summed E-state index contributed by atoms with van der Waals surface area (Å²) in [5, 5.41) is 11.2. The number of rotatable bonds is 4. The van der Waals surface area contributed by atoms with Crippen molar-refractivity contribution in [2.75, 3.05) is 24.6 Å². The fourth-order valence-electron chi connectivity index (χ4n) is 3.66. The van der Waals surface area contributed by atoms with Crippen molar-refractivity contribution in [1.29, 1.82) is 0 Å². The van der Waals surface area contributed by atoms with Crippen molar-refractivity contribution in [3.63, 3.8) is 0 Å². The van der Waals surface area contributed by atoms with Gasteiger partial charge in [-0.05, 0) is 43.2 Å². The molecule has 1 aliphatic heterocycles. The number of hydrogen-bond donors (Lipinski definition) is 2. The number of hydrogen-bond acceptors (Lipinski definition) is 4. The Kier molecular flexibility index (Phi) is 5.38. The summed E-state index contributed by atoms with van der Waals surface area (Å²) in [6, 6.07) is 7.41. The molecule has 0 radical (unpaired) electrons. The molecule has 0 atom stereocenters. The molecule has 30 heavy (non-hydrogen) atoms. The van der Waals surface area contributed by atoms with Crippen LogP contribution in [0.4, 0.5) is 18.9 Å². The minimum atomic E-state index is -1.22. The average Bonchev–Trinajstić information content (AvgIpc) is 2.69. The largest absolute Gasteiger partial charge is 0.490 e. The van der Waals surface area contributed by atoms with E-state index in [-0.39, 0.29) is 48.8 Å². The molecule has 2 aromatic carbocycles. The quantitative estimate of drug-likeness (QED) is 0.646. The fraction of sp³-hybridized carbons (Fsp3) is 0.286. The number of fused-ring (bicyclic) bond motifs is 1. The molecule has 0 spiro atoms. The number of nitrogens with zero attached hydrogens (tertiary/aromatic N) is 1. The second-order valence-electron chi connectivity index (χ2n) is 7.37. The zero-order chi connectivity index (χ0) is 21.5. The van der Waals surface area contributed by atoms with Gasteiger partial charge >= 0.3 is 0 Å². The van der Waals surface area contributed by atoms with Gasteiger partial charge in [-0.2, -0.15) is 0 Å². The summed E-state index contributed by atoms with van der Waals surface area (Å²) in [6.45, 7) is 0.339. The third-order valence-corrected chi connectivity index (χ3v) is 5.51. The van der Waals surface area contributed by atoms with Crippen LogP contribution in [0.5, 0.6) is 5.75 Å². The highest BCUT2D eigenvalue weighted by molar-refractivity contribution is 6.30. The van der Waals surface area contributed by atoms with Crippen LogP contribution in [-0.4, -0.2) is 35.4 Å². The molecule has 158 valence electrons. The highest BCUT2D eigenvalue weighted by Crippen LogP contribution is 2.33. The van der Waals surface area contributed by atoms with Crippen LogP contribution >= 0.6 is 11.6 Å². The maximum absolute atomic E-state index is 14.2. The van der Waals surface area contributed by atoms with Gasteiger partial charge in [-0.15, -0.1) is 0 Å². The fourth-order valence-corrected chi connectivity index (χ4v) is 3.85. The molecule has 3 aromatic rings. The highest BCUT2D eigenvalue weighted by atomic mass is 35.5. The van der Waals surface area contributed by atoms with Crippen molar-refractivity contribution in [3.05, 3.63) is 69.2 Å². The second-order valence-corrected chi connectivity index (χ2v) is 7.81. The summed E-state index contributed by atoms with van der Waals surface area (Å²) < 4.78 is 48.0. The lowest BCUT2D eigenvalue weighted by Gasteiger charge is -2.39. The van der Waals surface area contributed by atoms with Gasteiger partial charge in [0, 0.05) is 29.6 Å². The molecule has 0 aliphatic carbocycles. The number of pyridine rings is 1. The van der Waals surface area contributed by atoms with E-state index < -0.39 is 28.6 Å². The van der Waals surface area contributed by atoms with Crippen LogP contribution < -0.4 is 15.2 Å². The normalized spacial score (nSPS) is 16.1. The van der Waals surface area contributed by atoms with E-state index in [2.05, 4.69) is 4.98 Å². The molecular formula is C21H18ClF3N2O3. The number of piperidine rings is 1. The molecule has 9 heteroatoms. The Balaban J connectivity index is 1.47. The third kappa shape index (κ3) is 3.97. The molecule has 1 fully saturated rings. The molecule has 1 saturated heterocycles. The molecule has 0 bridgehead atoms. The predicted molar refractivity (Wildman–Crippen MR) is 108 cm³/mol. The first-order valence-corrected chi connectivity index (χ1v) is 9.70. The molecule has 5 nitrogen and oxygen atoms in total. The van der Waals surface area contributed by atoms with Crippen LogP contribution in [0.1, 0.15) is 12.8 Å². The van der Waals surface area contributed by atoms with Crippen molar-refractivity contribution >= 4 is 28.2 Å². The molecule has 2 heterocycles. The number of benzene rings is 2. The van der Waals surface area contributed by atoms with Crippen LogP contribution in [0.2, 0.25) is 5.02 Å². The standard InChI is InChI=1S/C21H18ClF3N2O3/c22-12-9-15(24)20(16(25)10-12)27-7-5-21(29,6-8-27)11-30-17-3-2-14(23)19-13(17)1-4-18(28)26-19/h1-4,9-10,29H,5-8,11H2,(H,26,28). The maximum atomic E-state index is 14.2. The number of nitrogens with one attached hydrogen (secondary N) is 1. The molecule has 0 saturated carbocycles. The summed E-state index contributed by atoms with van der Waals surface area (Å²) in [4.78, 5) is 15.4. The van der Waals surface area contributed by atoms with Gasteiger partial charge in [0.2, 0.25) is 5.56 Å². The first kappa shape index (κ1) is 20.6. The summed E-state index contributed by atoms with van der Waals surface area (Å²) in [6.07, 6.45) is 0.426. The van der Waals surface area contributed by atoms with E-state index in [0.29, 0.717) is 11.1 Å². The second kappa shape index (κ2) is 7.85. The smallest absolute Gasteiger partial charge is 0.248 e. The van der Waals surface area contributed by atoms with Gasteiger partial charge in [-0.25, -0.2) is 13.2 Å². The summed E-state index contributed by atoms with van der Waals surface area (Å²) in [7, 11) is 0. The Morgan fingerprint density at radius 2 is 1.73 bits per heavy atom. The van der Waals surface area contributed by atoms with Crippen molar-refractivity contribution in [2.45, 2.75) is 18.4 Å². The van der Waals surface area contributed by atoms with Crippen molar-refractivity contribution in [3.8, 4) is 5.75 Å². The SMILES string of the molecule is O=c1ccc2c(OCC3(O)CCN(c4c(F)cc(Cl)cc4F)CC3)ccc(F)c2[nH]1. The van der Waals surface area contributed by atoms with Crippen molar-refractivity contribution < 1.29 is 23.0 Å². The monoisotopic (exact) mass is 438 g/mol. The van der Waals surface area contributed by atoms with E-state index in [0.717, 1.165) is 12.1 Å². The first-order chi connectivity index (χ1) is 14.3. The van der Waals surface area contributed by atoms with E-state index >= 15 is 0 Å². The molecule has 4 rings (SSSR count). The topological polar surface area (TPSA) is 65.6 Å². The molecule has 1 aliphatic rings.